The fourth-order valence-electron chi connectivity index (χ4n) is 7.32. The Morgan fingerprint density at radius 2 is 1.70 bits per heavy atom. The largest absolute Gasteiger partial charge is 0.368 e. The maximum absolute atomic E-state index is 13.7. The number of nitrogens with one attached hydrogen (secondary N) is 1. The lowest BCUT2D eigenvalue weighted by molar-refractivity contribution is -0.847. The molecule has 2 aromatic carbocycles. The number of thiol groups is 1. The molecule has 3 aliphatic rings. The Morgan fingerprint density at radius 3 is 2.45 bits per heavy atom. The summed E-state index contributed by atoms with van der Waals surface area (Å²) in [6.45, 7) is 6.13. The van der Waals surface area contributed by atoms with Crippen molar-refractivity contribution in [2.24, 2.45) is 0 Å². The first-order valence-electron chi connectivity index (χ1n) is 14.9. The van der Waals surface area contributed by atoms with Gasteiger partial charge >= 0.3 is 0 Å². The summed E-state index contributed by atoms with van der Waals surface area (Å²) < 4.78 is 2.62. The van der Waals surface area contributed by atoms with E-state index in [1.807, 2.05) is 13.1 Å². The smallest absolute Gasteiger partial charge is 0.297 e. The summed E-state index contributed by atoms with van der Waals surface area (Å²) in [5.74, 6) is 0.439. The Hall–Kier alpha value is -2.52. The molecule has 4 unspecified atom stereocenters. The molecule has 4 bridgehead atoms. The Labute approximate surface area is 244 Å². The highest BCUT2D eigenvalue weighted by molar-refractivity contribution is 7.74. The number of quaternary nitrogens is 1. The molecule has 1 N–H and O–H groups in total. The van der Waals surface area contributed by atoms with Crippen LogP contribution in [0.1, 0.15) is 67.8 Å². The summed E-state index contributed by atoms with van der Waals surface area (Å²) in [7, 11) is 8.54. The number of anilines is 1. The van der Waals surface area contributed by atoms with E-state index >= 15 is 0 Å². The second kappa shape index (κ2) is 10.4. The number of benzene rings is 2. The molecule has 8 heteroatoms. The van der Waals surface area contributed by atoms with E-state index in [1.54, 1.807) is 0 Å². The average Bonchev–Trinajstić information content (AvgIpc) is 3.21. The van der Waals surface area contributed by atoms with Crippen LogP contribution in [-0.2, 0) is 6.54 Å². The fraction of sp³-hybridized carbons (Fsp3) is 0.531. The number of hydrogen-bond acceptors (Lipinski definition) is 5. The molecule has 1 aromatic heterocycles. The van der Waals surface area contributed by atoms with Gasteiger partial charge in [-0.15, -0.1) is 0 Å². The minimum Gasteiger partial charge on any atom is -0.368 e. The Balaban J connectivity index is 1.62. The quantitative estimate of drug-likeness (QED) is 0.296. The van der Waals surface area contributed by atoms with E-state index in [0.717, 1.165) is 13.1 Å². The number of rotatable bonds is 1. The van der Waals surface area contributed by atoms with Crippen LogP contribution in [0.3, 0.4) is 0 Å². The van der Waals surface area contributed by atoms with Gasteiger partial charge in [-0.1, -0.05) is 43.5 Å². The van der Waals surface area contributed by atoms with Crippen LogP contribution in [0.25, 0.3) is 22.2 Å². The summed E-state index contributed by atoms with van der Waals surface area (Å²) in [6.07, 6.45) is 6.45. The second-order valence-corrected chi connectivity index (χ2v) is 13.4. The van der Waals surface area contributed by atoms with Gasteiger partial charge < -0.3 is 9.47 Å². The monoisotopic (exact) mass is 561 g/mol. The molecule has 1 aliphatic carbocycles. The molecule has 6 rings (SSSR count). The maximum Gasteiger partial charge on any atom is 0.297 e. The zero-order valence-corrected chi connectivity index (χ0v) is 25.8. The molecule has 214 valence electrons. The number of hydrogen-bond donors (Lipinski definition) is 2. The van der Waals surface area contributed by atoms with Gasteiger partial charge in [0, 0.05) is 54.8 Å². The molecule has 2 aliphatic heterocycles. The molecule has 3 heterocycles. The van der Waals surface area contributed by atoms with Crippen molar-refractivity contribution in [3.05, 3.63) is 53.6 Å². The Kier molecular flexibility index (Phi) is 7.18. The highest BCUT2D eigenvalue weighted by atomic mass is 32.1. The van der Waals surface area contributed by atoms with E-state index in [0.29, 0.717) is 11.5 Å². The average molecular weight is 562 g/mol. The van der Waals surface area contributed by atoms with E-state index in [1.165, 1.54) is 65.5 Å². The lowest BCUT2D eigenvalue weighted by Gasteiger charge is -2.43. The molecule has 3 aromatic rings. The molecule has 1 amide bonds. The molecule has 1 fully saturated rings. The molecule has 7 nitrogen and oxygen atoms in total. The van der Waals surface area contributed by atoms with Crippen LogP contribution < -0.4 is 10.3 Å². The SMILES string of the molecule is CC1N(C)CC2Cn3c(c(C4CCCCC4)c4ccc(cc43)C(=O)N[N+](C)(S)C(C)N1C)-c1ccccc1N2C. The van der Waals surface area contributed by atoms with Crippen LogP contribution in [0, 0.1) is 0 Å². The minimum atomic E-state index is -0.102. The third-order valence-electron chi connectivity index (χ3n) is 10.2. The maximum atomic E-state index is 13.7. The number of aromatic nitrogens is 1. The van der Waals surface area contributed by atoms with Crippen molar-refractivity contribution < 1.29 is 8.79 Å². The van der Waals surface area contributed by atoms with E-state index in [-0.39, 0.29) is 28.3 Å². The topological polar surface area (TPSA) is 43.8 Å². The minimum absolute atomic E-state index is 0.0580. The van der Waals surface area contributed by atoms with E-state index in [2.05, 4.69) is 96.1 Å². The van der Waals surface area contributed by atoms with Gasteiger partial charge in [-0.05, 0) is 63.5 Å². The van der Waals surface area contributed by atoms with Crippen LogP contribution >= 0.6 is 12.8 Å². The fourth-order valence-corrected chi connectivity index (χ4v) is 7.57. The Morgan fingerprint density at radius 1 is 0.975 bits per heavy atom. The van der Waals surface area contributed by atoms with Crippen molar-refractivity contribution in [3.8, 4) is 11.3 Å². The molecular formula is C32H45N6OS+. The lowest BCUT2D eigenvalue weighted by atomic mass is 9.81. The summed E-state index contributed by atoms with van der Waals surface area (Å²) in [5.41, 5.74) is 10.5. The summed E-state index contributed by atoms with van der Waals surface area (Å²) in [5, 5.41) is 1.31. The number of nitrogens with zero attached hydrogens (tertiary/aromatic N) is 5. The van der Waals surface area contributed by atoms with Gasteiger partial charge in [-0.25, -0.2) is 4.90 Å². The molecule has 40 heavy (non-hydrogen) atoms. The van der Waals surface area contributed by atoms with Crippen LogP contribution in [-0.4, -0.2) is 77.4 Å². The van der Waals surface area contributed by atoms with Crippen molar-refractivity contribution in [1.29, 1.82) is 0 Å². The van der Waals surface area contributed by atoms with Gasteiger partial charge in [0.25, 0.3) is 5.91 Å². The van der Waals surface area contributed by atoms with E-state index in [9.17, 15) is 4.79 Å². The summed E-state index contributed by atoms with van der Waals surface area (Å²) >= 11 is 4.93. The molecule has 1 saturated carbocycles. The predicted molar refractivity (Wildman–Crippen MR) is 167 cm³/mol. The number of carbonyl (C=O) groups excluding carboxylic acids is 1. The summed E-state index contributed by atoms with van der Waals surface area (Å²) in [4.78, 5) is 20.9. The van der Waals surface area contributed by atoms with Crippen LogP contribution in [0.5, 0.6) is 0 Å². The normalized spacial score (nSPS) is 28.9. The predicted octanol–water partition coefficient (Wildman–Crippen LogP) is 5.68. The molecule has 4 atom stereocenters. The highest BCUT2D eigenvalue weighted by Crippen LogP contribution is 2.48. The van der Waals surface area contributed by atoms with Crippen LogP contribution in [0.2, 0.25) is 0 Å². The number of para-hydroxylation sites is 1. The third kappa shape index (κ3) is 4.53. The van der Waals surface area contributed by atoms with Crippen molar-refractivity contribution in [1.82, 2.24) is 19.8 Å². The number of fused-ring (bicyclic) bond motifs is 4. The zero-order chi connectivity index (χ0) is 28.3. The number of amides is 1. The standard InChI is InChI=1S/C32H44N6OS/c1-21-34(3)19-25-20-37-29-18-24(32(39)33-38(6,40)22(2)35(21)4)16-17-26(29)30(23-12-8-7-9-13-23)31(37)27-14-10-11-15-28(27)36(25)5/h10-11,14-18,21-23,25,40H,7-9,12-13,19-20H2,1-6H3/p+1. The van der Waals surface area contributed by atoms with Gasteiger partial charge in [-0.2, -0.15) is 9.42 Å². The van der Waals surface area contributed by atoms with Crippen LogP contribution in [0.15, 0.2) is 42.5 Å². The zero-order valence-electron chi connectivity index (χ0n) is 24.9. The first kappa shape index (κ1) is 27.6. The lowest BCUT2D eigenvalue weighted by Crippen LogP contribution is -2.64. The summed E-state index contributed by atoms with van der Waals surface area (Å²) in [6, 6.07) is 15.6. The van der Waals surface area contributed by atoms with Crippen LogP contribution in [0.4, 0.5) is 5.69 Å². The first-order chi connectivity index (χ1) is 19.1. The first-order valence-corrected chi connectivity index (χ1v) is 15.3. The number of likely N-dealkylation sites (N-methyl/N-ethyl adjacent to an activating group) is 2. The van der Waals surface area contributed by atoms with Crippen molar-refractivity contribution in [2.45, 2.75) is 76.8 Å². The van der Waals surface area contributed by atoms with Crippen molar-refractivity contribution >= 4 is 35.3 Å². The van der Waals surface area contributed by atoms with E-state index < -0.39 is 0 Å². The van der Waals surface area contributed by atoms with Crippen molar-refractivity contribution in [3.63, 3.8) is 0 Å². The third-order valence-corrected chi connectivity index (χ3v) is 10.7. The molecule has 0 radical (unpaired) electrons. The van der Waals surface area contributed by atoms with Crippen molar-refractivity contribution in [2.75, 3.05) is 39.6 Å². The second-order valence-electron chi connectivity index (χ2n) is 12.6. The van der Waals surface area contributed by atoms with E-state index in [4.69, 9.17) is 12.8 Å². The molecular weight excluding hydrogens is 516 g/mol. The van der Waals surface area contributed by atoms with Gasteiger partial charge in [0.2, 0.25) is 0 Å². The highest BCUT2D eigenvalue weighted by Gasteiger charge is 2.38. The van der Waals surface area contributed by atoms with Gasteiger partial charge in [0.05, 0.1) is 30.7 Å². The number of carbonyl (C=O) groups is 1. The van der Waals surface area contributed by atoms with Gasteiger partial charge in [0.15, 0.2) is 6.17 Å². The van der Waals surface area contributed by atoms with Gasteiger partial charge in [-0.3, -0.25) is 9.69 Å². The Bertz CT molecular complexity index is 1430. The molecule has 0 saturated heterocycles. The molecule has 0 spiro atoms. The van der Waals surface area contributed by atoms with Gasteiger partial charge in [0.1, 0.15) is 7.05 Å².